The molecular weight excluding hydrogens is 450 g/mol. The number of furan rings is 1. The van der Waals surface area contributed by atoms with Crippen molar-refractivity contribution in [3.05, 3.63) is 66.7 Å². The van der Waals surface area contributed by atoms with E-state index in [1.54, 1.807) is 14.2 Å². The zero-order valence-electron chi connectivity index (χ0n) is 19.6. The molecule has 2 heterocycles. The zero-order chi connectivity index (χ0) is 22.6. The van der Waals surface area contributed by atoms with Gasteiger partial charge < -0.3 is 18.6 Å². The van der Waals surface area contributed by atoms with Crippen molar-refractivity contribution in [1.82, 2.24) is 4.90 Å². The third kappa shape index (κ3) is 4.86. The van der Waals surface area contributed by atoms with Gasteiger partial charge in [-0.1, -0.05) is 42.5 Å². The first-order valence-corrected chi connectivity index (χ1v) is 11.5. The molecule has 1 aromatic heterocycles. The molecule has 5 nitrogen and oxygen atoms in total. The first-order valence-electron chi connectivity index (χ1n) is 11.5. The van der Waals surface area contributed by atoms with Crippen LogP contribution in [0, 0.1) is 0 Å². The molecule has 0 unspecified atom stereocenters. The van der Waals surface area contributed by atoms with E-state index >= 15 is 0 Å². The van der Waals surface area contributed by atoms with E-state index in [1.165, 1.54) is 25.9 Å². The SMILES string of the molecule is COc1cc2oc(-c3ccccc3)c(-c3ccc(OCCN4CCCC4)cc3)c2cc1OC.Cl. The second-order valence-electron chi connectivity index (χ2n) is 8.30. The molecule has 4 aromatic rings. The monoisotopic (exact) mass is 479 g/mol. The number of methoxy groups -OCH3 is 2. The molecule has 0 radical (unpaired) electrons. The summed E-state index contributed by atoms with van der Waals surface area (Å²) < 4.78 is 23.4. The molecule has 5 rings (SSSR count). The summed E-state index contributed by atoms with van der Waals surface area (Å²) in [6.45, 7) is 4.06. The number of rotatable bonds is 8. The molecule has 0 atom stereocenters. The molecule has 0 N–H and O–H groups in total. The van der Waals surface area contributed by atoms with Crippen molar-refractivity contribution in [2.75, 3.05) is 40.5 Å². The second kappa shape index (κ2) is 10.9. The van der Waals surface area contributed by atoms with Crippen LogP contribution in [0.3, 0.4) is 0 Å². The van der Waals surface area contributed by atoms with E-state index < -0.39 is 0 Å². The van der Waals surface area contributed by atoms with E-state index in [9.17, 15) is 0 Å². The molecule has 0 aliphatic carbocycles. The molecule has 1 fully saturated rings. The maximum Gasteiger partial charge on any atom is 0.164 e. The predicted octanol–water partition coefficient (Wildman–Crippen LogP) is 6.68. The predicted molar refractivity (Wildman–Crippen MR) is 139 cm³/mol. The van der Waals surface area contributed by atoms with Crippen molar-refractivity contribution < 1.29 is 18.6 Å². The number of likely N-dealkylation sites (tertiary alicyclic amines) is 1. The highest BCUT2D eigenvalue weighted by Crippen LogP contribution is 2.44. The Labute approximate surface area is 206 Å². The number of halogens is 1. The van der Waals surface area contributed by atoms with Crippen molar-refractivity contribution in [3.63, 3.8) is 0 Å². The largest absolute Gasteiger partial charge is 0.493 e. The number of hydrogen-bond acceptors (Lipinski definition) is 5. The van der Waals surface area contributed by atoms with E-state index in [0.717, 1.165) is 45.7 Å². The van der Waals surface area contributed by atoms with Crippen LogP contribution in [-0.2, 0) is 0 Å². The van der Waals surface area contributed by atoms with Crippen LogP contribution in [0.5, 0.6) is 17.2 Å². The minimum atomic E-state index is 0. The summed E-state index contributed by atoms with van der Waals surface area (Å²) >= 11 is 0. The molecule has 0 saturated carbocycles. The third-order valence-electron chi connectivity index (χ3n) is 6.25. The van der Waals surface area contributed by atoms with Gasteiger partial charge in [0.1, 0.15) is 23.7 Å². The highest BCUT2D eigenvalue weighted by Gasteiger charge is 2.20. The van der Waals surface area contributed by atoms with Crippen LogP contribution in [0.2, 0.25) is 0 Å². The Morgan fingerprint density at radius 3 is 2.18 bits per heavy atom. The van der Waals surface area contributed by atoms with Crippen molar-refractivity contribution >= 4 is 23.4 Å². The molecule has 0 spiro atoms. The quantitative estimate of drug-likeness (QED) is 0.282. The summed E-state index contributed by atoms with van der Waals surface area (Å²) in [6.07, 6.45) is 2.60. The minimum Gasteiger partial charge on any atom is -0.493 e. The summed E-state index contributed by atoms with van der Waals surface area (Å²) in [5, 5.41) is 0.981. The smallest absolute Gasteiger partial charge is 0.164 e. The molecule has 0 amide bonds. The molecule has 6 heteroatoms. The van der Waals surface area contributed by atoms with E-state index in [0.29, 0.717) is 18.1 Å². The molecule has 1 aliphatic heterocycles. The Bertz CT molecular complexity index is 1210. The lowest BCUT2D eigenvalue weighted by Gasteiger charge is -2.15. The van der Waals surface area contributed by atoms with Gasteiger partial charge in [0.15, 0.2) is 11.5 Å². The number of fused-ring (bicyclic) bond motifs is 1. The third-order valence-corrected chi connectivity index (χ3v) is 6.25. The summed E-state index contributed by atoms with van der Waals surface area (Å²) in [6, 6.07) is 22.3. The lowest BCUT2D eigenvalue weighted by Crippen LogP contribution is -2.25. The van der Waals surface area contributed by atoms with Gasteiger partial charge >= 0.3 is 0 Å². The van der Waals surface area contributed by atoms with Gasteiger partial charge in [0.25, 0.3) is 0 Å². The number of nitrogens with zero attached hydrogens (tertiary/aromatic N) is 1. The summed E-state index contributed by atoms with van der Waals surface area (Å²) in [4.78, 5) is 2.46. The van der Waals surface area contributed by atoms with Crippen LogP contribution in [-0.4, -0.2) is 45.4 Å². The van der Waals surface area contributed by atoms with E-state index in [4.69, 9.17) is 18.6 Å². The van der Waals surface area contributed by atoms with Crippen LogP contribution in [0.15, 0.2) is 71.1 Å². The Morgan fingerprint density at radius 2 is 1.50 bits per heavy atom. The molecule has 34 heavy (non-hydrogen) atoms. The fourth-order valence-electron chi connectivity index (χ4n) is 4.52. The maximum atomic E-state index is 6.36. The summed E-state index contributed by atoms with van der Waals surface area (Å²) in [5.74, 6) is 3.02. The lowest BCUT2D eigenvalue weighted by atomic mass is 9.98. The second-order valence-corrected chi connectivity index (χ2v) is 8.30. The summed E-state index contributed by atoms with van der Waals surface area (Å²) in [7, 11) is 3.28. The lowest BCUT2D eigenvalue weighted by molar-refractivity contribution is 0.238. The highest BCUT2D eigenvalue weighted by molar-refractivity contribution is 6.03. The average molecular weight is 480 g/mol. The van der Waals surface area contributed by atoms with Crippen LogP contribution >= 0.6 is 12.4 Å². The van der Waals surface area contributed by atoms with Crippen molar-refractivity contribution in [2.24, 2.45) is 0 Å². The van der Waals surface area contributed by atoms with E-state index in [-0.39, 0.29) is 12.4 Å². The standard InChI is InChI=1S/C28H29NO4.ClH/c1-30-25-18-23-24(19-26(25)31-2)33-28(21-8-4-3-5-9-21)27(23)20-10-12-22(13-11-20)32-17-16-29-14-6-7-15-29;/h3-5,8-13,18-19H,6-7,14-17H2,1-2H3;1H. The van der Waals surface area contributed by atoms with Crippen LogP contribution in [0.1, 0.15) is 12.8 Å². The van der Waals surface area contributed by atoms with Gasteiger partial charge in [0.05, 0.1) is 14.2 Å². The van der Waals surface area contributed by atoms with Gasteiger partial charge in [0.2, 0.25) is 0 Å². The maximum absolute atomic E-state index is 6.36. The molecule has 0 bridgehead atoms. The van der Waals surface area contributed by atoms with Gasteiger partial charge in [-0.05, 0) is 49.7 Å². The van der Waals surface area contributed by atoms with Crippen LogP contribution < -0.4 is 14.2 Å². The van der Waals surface area contributed by atoms with Crippen molar-refractivity contribution in [2.45, 2.75) is 12.8 Å². The van der Waals surface area contributed by atoms with Gasteiger partial charge in [0, 0.05) is 29.1 Å². The zero-order valence-corrected chi connectivity index (χ0v) is 20.4. The highest BCUT2D eigenvalue weighted by atomic mass is 35.5. The number of benzene rings is 3. The Morgan fingerprint density at radius 1 is 0.824 bits per heavy atom. The van der Waals surface area contributed by atoms with Gasteiger partial charge in [-0.2, -0.15) is 0 Å². The first kappa shape index (κ1) is 24.0. The minimum absolute atomic E-state index is 0. The normalized spacial score (nSPS) is 13.6. The average Bonchev–Trinajstić information content (AvgIpc) is 3.52. The molecule has 3 aromatic carbocycles. The number of hydrogen-bond donors (Lipinski definition) is 0. The summed E-state index contributed by atoms with van der Waals surface area (Å²) in [5.41, 5.74) is 3.87. The van der Waals surface area contributed by atoms with Gasteiger partial charge in [-0.3, -0.25) is 4.90 Å². The van der Waals surface area contributed by atoms with Gasteiger partial charge in [-0.25, -0.2) is 0 Å². The Hall–Kier alpha value is -3.15. The van der Waals surface area contributed by atoms with Crippen LogP contribution in [0.25, 0.3) is 33.4 Å². The Kier molecular flexibility index (Phi) is 7.66. The molecular formula is C28H30ClNO4. The molecule has 178 valence electrons. The Balaban J connectivity index is 0.00000274. The fraction of sp³-hybridized carbons (Fsp3) is 0.286. The van der Waals surface area contributed by atoms with Gasteiger partial charge in [-0.15, -0.1) is 12.4 Å². The van der Waals surface area contributed by atoms with Crippen LogP contribution in [0.4, 0.5) is 0 Å². The number of ether oxygens (including phenoxy) is 3. The molecule has 1 aliphatic rings. The first-order chi connectivity index (χ1) is 16.3. The topological polar surface area (TPSA) is 44.1 Å². The van der Waals surface area contributed by atoms with E-state index in [2.05, 4.69) is 29.2 Å². The van der Waals surface area contributed by atoms with Crippen molar-refractivity contribution in [3.8, 4) is 39.7 Å². The fourth-order valence-corrected chi connectivity index (χ4v) is 4.52. The molecule has 1 saturated heterocycles. The van der Waals surface area contributed by atoms with Crippen molar-refractivity contribution in [1.29, 1.82) is 0 Å². The van der Waals surface area contributed by atoms with E-state index in [1.807, 2.05) is 42.5 Å².